The van der Waals surface area contributed by atoms with Gasteiger partial charge in [0.05, 0.1) is 0 Å². The molecule has 1 aromatic carbocycles. The van der Waals surface area contributed by atoms with Gasteiger partial charge in [0.15, 0.2) is 0 Å². The first-order chi connectivity index (χ1) is 6.57. The molecule has 1 saturated carbocycles. The van der Waals surface area contributed by atoms with Crippen LogP contribution in [0.4, 0.5) is 0 Å². The Morgan fingerprint density at radius 2 is 2.07 bits per heavy atom. The van der Waals surface area contributed by atoms with Crippen molar-refractivity contribution in [3.05, 3.63) is 34.3 Å². The molecule has 1 aliphatic rings. The van der Waals surface area contributed by atoms with E-state index in [4.69, 9.17) is 0 Å². The van der Waals surface area contributed by atoms with Gasteiger partial charge in [-0.15, -0.1) is 0 Å². The molecule has 2 unspecified atom stereocenters. The molecule has 0 aromatic heterocycles. The van der Waals surface area contributed by atoms with Crippen molar-refractivity contribution in [1.29, 1.82) is 0 Å². The van der Waals surface area contributed by atoms with E-state index in [0.717, 1.165) is 0 Å². The maximum Gasteiger partial charge on any atom is 0.0196 e. The highest BCUT2D eigenvalue weighted by molar-refractivity contribution is 9.10. The lowest BCUT2D eigenvalue weighted by Crippen LogP contribution is -2.14. The second-order valence-electron chi connectivity index (χ2n) is 4.62. The summed E-state index contributed by atoms with van der Waals surface area (Å²) in [7, 11) is 2.05. The van der Waals surface area contributed by atoms with Crippen molar-refractivity contribution in [3.63, 3.8) is 0 Å². The number of hydrogen-bond acceptors (Lipinski definition) is 1. The third-order valence-electron chi connectivity index (χ3n) is 3.35. The van der Waals surface area contributed by atoms with Gasteiger partial charge in [0.1, 0.15) is 0 Å². The van der Waals surface area contributed by atoms with Crippen LogP contribution in [-0.2, 0) is 0 Å². The summed E-state index contributed by atoms with van der Waals surface area (Å²) in [4.78, 5) is 0. The molecular weight excluding hydrogens is 238 g/mol. The quantitative estimate of drug-likeness (QED) is 0.854. The lowest BCUT2D eigenvalue weighted by molar-refractivity contribution is 0.567. The number of hydrogen-bond donors (Lipinski definition) is 1. The molecule has 0 radical (unpaired) electrons. The lowest BCUT2D eigenvalue weighted by atomic mass is 10.0. The Kier molecular flexibility index (Phi) is 2.44. The average molecular weight is 254 g/mol. The predicted octanol–water partition coefficient (Wildman–Crippen LogP) is 3.16. The van der Waals surface area contributed by atoms with Crippen LogP contribution in [0.3, 0.4) is 0 Å². The molecule has 1 nitrogen and oxygen atoms in total. The smallest absolute Gasteiger partial charge is 0.0196 e. The van der Waals surface area contributed by atoms with E-state index in [9.17, 15) is 0 Å². The van der Waals surface area contributed by atoms with Crippen LogP contribution in [0.2, 0.25) is 0 Å². The Morgan fingerprint density at radius 3 is 2.57 bits per heavy atom. The minimum atomic E-state index is 0.398. The first-order valence-corrected chi connectivity index (χ1v) is 5.79. The van der Waals surface area contributed by atoms with Gasteiger partial charge in [-0.05, 0) is 30.2 Å². The molecule has 1 aromatic rings. The second kappa shape index (κ2) is 3.35. The topological polar surface area (TPSA) is 12.0 Å². The van der Waals surface area contributed by atoms with E-state index in [1.54, 1.807) is 0 Å². The van der Waals surface area contributed by atoms with E-state index in [0.29, 0.717) is 17.4 Å². The highest BCUT2D eigenvalue weighted by Crippen LogP contribution is 2.58. The van der Waals surface area contributed by atoms with E-state index < -0.39 is 0 Å². The van der Waals surface area contributed by atoms with Crippen molar-refractivity contribution in [3.8, 4) is 0 Å². The second-order valence-corrected chi connectivity index (χ2v) is 5.54. The molecule has 76 valence electrons. The minimum Gasteiger partial charge on any atom is -0.316 e. The summed E-state index contributed by atoms with van der Waals surface area (Å²) in [6.07, 6.45) is 0. The van der Waals surface area contributed by atoms with E-state index in [1.807, 2.05) is 7.05 Å². The Labute approximate surface area is 94.0 Å². The minimum absolute atomic E-state index is 0.398. The van der Waals surface area contributed by atoms with Crippen LogP contribution in [0, 0.1) is 5.41 Å². The van der Waals surface area contributed by atoms with Crippen LogP contribution < -0.4 is 5.32 Å². The van der Waals surface area contributed by atoms with Crippen molar-refractivity contribution in [2.45, 2.75) is 25.8 Å². The van der Waals surface area contributed by atoms with Crippen LogP contribution in [0.25, 0.3) is 0 Å². The molecule has 0 saturated heterocycles. The molecule has 0 heterocycles. The molecule has 1 aliphatic carbocycles. The van der Waals surface area contributed by atoms with E-state index >= 15 is 0 Å². The monoisotopic (exact) mass is 253 g/mol. The van der Waals surface area contributed by atoms with Gasteiger partial charge in [-0.2, -0.15) is 0 Å². The molecule has 0 amide bonds. The summed E-state index contributed by atoms with van der Waals surface area (Å²) in [5.74, 6) is 0.657. The van der Waals surface area contributed by atoms with Crippen LogP contribution in [0.1, 0.15) is 25.3 Å². The van der Waals surface area contributed by atoms with Crippen molar-refractivity contribution >= 4 is 15.9 Å². The number of benzene rings is 1. The standard InChI is InChI=1S/C12H16BrN/c1-12(2)10(11(12)14-3)8-5-4-6-9(13)7-8/h4-7,10-11,14H,1-3H3. The average Bonchev–Trinajstić information content (AvgIpc) is 2.68. The van der Waals surface area contributed by atoms with E-state index in [2.05, 4.69) is 59.4 Å². The third kappa shape index (κ3) is 1.51. The summed E-state index contributed by atoms with van der Waals surface area (Å²) in [6, 6.07) is 9.25. The van der Waals surface area contributed by atoms with Crippen molar-refractivity contribution in [2.24, 2.45) is 5.41 Å². The van der Waals surface area contributed by atoms with Gasteiger partial charge in [0, 0.05) is 16.4 Å². The summed E-state index contributed by atoms with van der Waals surface area (Å²) >= 11 is 3.52. The molecule has 1 N–H and O–H groups in total. The number of likely N-dealkylation sites (N-methyl/N-ethyl adjacent to an activating group) is 1. The number of nitrogens with one attached hydrogen (secondary N) is 1. The number of halogens is 1. The van der Waals surface area contributed by atoms with Crippen molar-refractivity contribution in [1.82, 2.24) is 5.32 Å². The molecule has 2 rings (SSSR count). The van der Waals surface area contributed by atoms with Crippen LogP contribution in [-0.4, -0.2) is 13.1 Å². The Bertz CT molecular complexity index is 346. The zero-order valence-electron chi connectivity index (χ0n) is 8.84. The molecule has 1 fully saturated rings. The fourth-order valence-electron chi connectivity index (χ4n) is 2.50. The van der Waals surface area contributed by atoms with Gasteiger partial charge in [0.2, 0.25) is 0 Å². The predicted molar refractivity (Wildman–Crippen MR) is 63.5 cm³/mol. The summed E-state index contributed by atoms with van der Waals surface area (Å²) in [5.41, 5.74) is 1.83. The van der Waals surface area contributed by atoms with Gasteiger partial charge in [0.25, 0.3) is 0 Å². The maximum absolute atomic E-state index is 3.52. The Morgan fingerprint density at radius 1 is 1.36 bits per heavy atom. The van der Waals surface area contributed by atoms with Gasteiger partial charge >= 0.3 is 0 Å². The molecule has 0 bridgehead atoms. The zero-order chi connectivity index (χ0) is 10.3. The van der Waals surface area contributed by atoms with Gasteiger partial charge in [-0.3, -0.25) is 0 Å². The SMILES string of the molecule is CNC1C(c2cccc(Br)c2)C1(C)C. The normalized spacial score (nSPS) is 28.9. The van der Waals surface area contributed by atoms with Gasteiger partial charge < -0.3 is 5.32 Å². The first kappa shape index (κ1) is 10.2. The largest absolute Gasteiger partial charge is 0.316 e. The molecule has 14 heavy (non-hydrogen) atoms. The van der Waals surface area contributed by atoms with E-state index in [-0.39, 0.29) is 0 Å². The molecule has 0 aliphatic heterocycles. The van der Waals surface area contributed by atoms with E-state index in [1.165, 1.54) is 10.0 Å². The Balaban J connectivity index is 2.26. The fraction of sp³-hybridized carbons (Fsp3) is 0.500. The van der Waals surface area contributed by atoms with Crippen molar-refractivity contribution in [2.75, 3.05) is 7.05 Å². The van der Waals surface area contributed by atoms with Crippen LogP contribution >= 0.6 is 15.9 Å². The van der Waals surface area contributed by atoms with Gasteiger partial charge in [-0.1, -0.05) is 41.9 Å². The highest BCUT2D eigenvalue weighted by atomic mass is 79.9. The van der Waals surface area contributed by atoms with Gasteiger partial charge in [-0.25, -0.2) is 0 Å². The highest BCUT2D eigenvalue weighted by Gasteiger charge is 2.57. The number of rotatable bonds is 2. The fourth-order valence-corrected chi connectivity index (χ4v) is 2.92. The maximum atomic E-state index is 3.52. The zero-order valence-corrected chi connectivity index (χ0v) is 10.4. The molecular formula is C12H16BrN. The van der Waals surface area contributed by atoms with Crippen LogP contribution in [0.15, 0.2) is 28.7 Å². The first-order valence-electron chi connectivity index (χ1n) is 5.00. The lowest BCUT2D eigenvalue weighted by Gasteiger charge is -2.02. The third-order valence-corrected chi connectivity index (χ3v) is 3.84. The summed E-state index contributed by atoms with van der Waals surface area (Å²) < 4.78 is 1.17. The molecule has 2 heteroatoms. The summed E-state index contributed by atoms with van der Waals surface area (Å²) in [5, 5.41) is 3.38. The van der Waals surface area contributed by atoms with Crippen molar-refractivity contribution < 1.29 is 0 Å². The summed E-state index contributed by atoms with van der Waals surface area (Å²) in [6.45, 7) is 4.64. The Hall–Kier alpha value is -0.340. The molecule has 0 spiro atoms. The van der Waals surface area contributed by atoms with Crippen LogP contribution in [0.5, 0.6) is 0 Å². The molecule has 2 atom stereocenters.